The Bertz CT molecular complexity index is 1030. The number of aryl methyl sites for hydroxylation is 1. The Morgan fingerprint density at radius 1 is 0.857 bits per heavy atom. The van der Waals surface area contributed by atoms with E-state index < -0.39 is 0 Å². The van der Waals surface area contributed by atoms with E-state index in [2.05, 4.69) is 65.7 Å². The lowest BCUT2D eigenvalue weighted by molar-refractivity contribution is 0.994. The summed E-state index contributed by atoms with van der Waals surface area (Å²) in [5.41, 5.74) is 5.40. The first-order chi connectivity index (χ1) is 10.4. The number of benzene rings is 3. The first-order valence-corrected chi connectivity index (χ1v) is 7.53. The van der Waals surface area contributed by atoms with Crippen molar-refractivity contribution in [3.8, 4) is 0 Å². The Hall–Kier alpha value is -2.54. The highest BCUT2D eigenvalue weighted by molar-refractivity contribution is 6.20. The maximum Gasteiger partial charge on any atom is 0.0503 e. The minimum atomic E-state index is 1.13. The minimum absolute atomic E-state index is 1.13. The smallest absolute Gasteiger partial charge is 0.0503 e. The molecule has 1 heterocycles. The van der Waals surface area contributed by atoms with Gasteiger partial charge < -0.3 is 4.98 Å². The van der Waals surface area contributed by atoms with E-state index in [1.807, 2.05) is 0 Å². The van der Waals surface area contributed by atoms with Crippen LogP contribution in [0.4, 0.5) is 0 Å². The number of aromatic nitrogens is 1. The van der Waals surface area contributed by atoms with Gasteiger partial charge in [-0.25, -0.2) is 0 Å². The van der Waals surface area contributed by atoms with E-state index in [4.69, 9.17) is 0 Å². The van der Waals surface area contributed by atoms with E-state index >= 15 is 0 Å². The molecule has 1 heteroatoms. The molecule has 0 atom stereocenters. The topological polar surface area (TPSA) is 15.8 Å². The summed E-state index contributed by atoms with van der Waals surface area (Å²) < 4.78 is 0. The third kappa shape index (κ3) is 1.46. The lowest BCUT2D eigenvalue weighted by Gasteiger charge is -2.11. The Labute approximate surface area is 122 Å². The van der Waals surface area contributed by atoms with E-state index in [9.17, 15) is 0 Å². The van der Waals surface area contributed by atoms with Gasteiger partial charge in [-0.15, -0.1) is 0 Å². The number of H-pyrrole nitrogens is 1. The fourth-order valence-electron chi connectivity index (χ4n) is 3.68. The molecule has 1 aliphatic rings. The molecule has 0 aliphatic heterocycles. The zero-order chi connectivity index (χ0) is 13.8. The van der Waals surface area contributed by atoms with Gasteiger partial charge >= 0.3 is 0 Å². The van der Waals surface area contributed by atoms with Gasteiger partial charge in [0.05, 0.1) is 5.52 Å². The average molecular weight is 269 g/mol. The molecule has 0 saturated heterocycles. The van der Waals surface area contributed by atoms with Gasteiger partial charge in [0.15, 0.2) is 0 Å². The summed E-state index contributed by atoms with van der Waals surface area (Å²) in [6.45, 7) is 0. The van der Waals surface area contributed by atoms with Crippen LogP contribution in [-0.4, -0.2) is 4.98 Å². The molecule has 0 bridgehead atoms. The van der Waals surface area contributed by atoms with E-state index in [1.165, 1.54) is 43.7 Å². The van der Waals surface area contributed by atoms with Crippen molar-refractivity contribution in [2.24, 2.45) is 0 Å². The van der Waals surface area contributed by atoms with Crippen molar-refractivity contribution in [3.05, 3.63) is 65.7 Å². The van der Waals surface area contributed by atoms with Crippen LogP contribution in [0.3, 0.4) is 0 Å². The molecule has 1 aliphatic carbocycles. The quantitative estimate of drug-likeness (QED) is 0.438. The summed E-state index contributed by atoms with van der Waals surface area (Å²) in [7, 11) is 0. The van der Waals surface area contributed by atoms with Gasteiger partial charge in [0.2, 0.25) is 0 Å². The summed E-state index contributed by atoms with van der Waals surface area (Å²) in [5.74, 6) is 0. The summed E-state index contributed by atoms with van der Waals surface area (Å²) in [5, 5.41) is 5.37. The average Bonchev–Trinajstić information content (AvgIpc) is 2.94. The fourth-order valence-corrected chi connectivity index (χ4v) is 3.68. The molecule has 1 N–H and O–H groups in total. The predicted molar refractivity (Wildman–Crippen MR) is 90.7 cm³/mol. The highest BCUT2D eigenvalue weighted by Gasteiger charge is 2.14. The molecule has 0 amide bonds. The normalized spacial score (nSPS) is 14.1. The molecule has 3 aromatic carbocycles. The van der Waals surface area contributed by atoms with Gasteiger partial charge in [-0.3, -0.25) is 0 Å². The number of hydrogen-bond donors (Lipinski definition) is 1. The molecule has 21 heavy (non-hydrogen) atoms. The van der Waals surface area contributed by atoms with Crippen LogP contribution in [0.1, 0.15) is 17.5 Å². The lowest BCUT2D eigenvalue weighted by Crippen LogP contribution is -1.94. The van der Waals surface area contributed by atoms with E-state index in [-0.39, 0.29) is 0 Å². The van der Waals surface area contributed by atoms with Crippen molar-refractivity contribution < 1.29 is 0 Å². The van der Waals surface area contributed by atoms with Crippen molar-refractivity contribution in [3.63, 3.8) is 0 Å². The molecule has 0 radical (unpaired) electrons. The minimum Gasteiger partial charge on any atom is -0.354 e. The Kier molecular flexibility index (Phi) is 2.12. The highest BCUT2D eigenvalue weighted by atomic mass is 14.7. The monoisotopic (exact) mass is 269 g/mol. The summed E-state index contributed by atoms with van der Waals surface area (Å²) >= 11 is 0. The molecule has 0 unspecified atom stereocenters. The standard InChI is InChI=1S/C20H15N/c1-3-7-15-13(5-1)10-12-18-19(15)17-11-9-14-6-2-4-8-16(14)20(17)21-18/h1-3,5-7,9-12,21H,4,8H2. The number of nitrogens with one attached hydrogen (secondary N) is 1. The van der Waals surface area contributed by atoms with Crippen LogP contribution in [-0.2, 0) is 6.42 Å². The molecule has 0 saturated carbocycles. The molecular weight excluding hydrogens is 254 g/mol. The SMILES string of the molecule is C1=Cc2ccc3c([nH]c4ccc5ccccc5c43)c2CC1. The predicted octanol–water partition coefficient (Wildman–Crippen LogP) is 5.43. The van der Waals surface area contributed by atoms with Crippen LogP contribution in [0.5, 0.6) is 0 Å². The molecule has 100 valence electrons. The van der Waals surface area contributed by atoms with Gasteiger partial charge in [-0.05, 0) is 40.8 Å². The van der Waals surface area contributed by atoms with Crippen molar-refractivity contribution in [2.75, 3.05) is 0 Å². The third-order valence-electron chi connectivity index (χ3n) is 4.67. The lowest BCUT2D eigenvalue weighted by atomic mass is 9.94. The second-order valence-electron chi connectivity index (χ2n) is 5.83. The maximum absolute atomic E-state index is 3.66. The second-order valence-corrected chi connectivity index (χ2v) is 5.83. The van der Waals surface area contributed by atoms with Gasteiger partial charge in [0, 0.05) is 16.3 Å². The van der Waals surface area contributed by atoms with E-state index in [1.54, 1.807) is 0 Å². The van der Waals surface area contributed by atoms with Crippen molar-refractivity contribution in [2.45, 2.75) is 12.8 Å². The summed E-state index contributed by atoms with van der Waals surface area (Å²) in [4.78, 5) is 3.66. The van der Waals surface area contributed by atoms with Gasteiger partial charge in [-0.2, -0.15) is 0 Å². The van der Waals surface area contributed by atoms with E-state index in [0.29, 0.717) is 0 Å². The summed E-state index contributed by atoms with van der Waals surface area (Å²) in [6.07, 6.45) is 6.80. The Morgan fingerprint density at radius 3 is 2.81 bits per heavy atom. The van der Waals surface area contributed by atoms with Crippen LogP contribution in [0, 0.1) is 0 Å². The molecule has 5 rings (SSSR count). The Morgan fingerprint density at radius 2 is 1.81 bits per heavy atom. The number of allylic oxidation sites excluding steroid dienone is 1. The zero-order valence-electron chi connectivity index (χ0n) is 11.7. The number of fused-ring (bicyclic) bond motifs is 7. The first kappa shape index (κ1) is 11.2. The molecule has 0 spiro atoms. The maximum atomic E-state index is 3.66. The molecule has 1 nitrogen and oxygen atoms in total. The van der Waals surface area contributed by atoms with E-state index in [0.717, 1.165) is 12.8 Å². The van der Waals surface area contributed by atoms with Gasteiger partial charge in [-0.1, -0.05) is 54.6 Å². The van der Waals surface area contributed by atoms with Gasteiger partial charge in [0.25, 0.3) is 0 Å². The largest absolute Gasteiger partial charge is 0.354 e. The van der Waals surface area contributed by atoms with Crippen molar-refractivity contribution in [1.82, 2.24) is 4.98 Å². The van der Waals surface area contributed by atoms with Crippen LogP contribution in [0.25, 0.3) is 38.7 Å². The van der Waals surface area contributed by atoms with Crippen LogP contribution in [0.15, 0.2) is 54.6 Å². The highest BCUT2D eigenvalue weighted by Crippen LogP contribution is 2.36. The van der Waals surface area contributed by atoms with Crippen molar-refractivity contribution in [1.29, 1.82) is 0 Å². The second kappa shape index (κ2) is 3.98. The first-order valence-electron chi connectivity index (χ1n) is 7.53. The third-order valence-corrected chi connectivity index (χ3v) is 4.67. The van der Waals surface area contributed by atoms with Crippen LogP contribution in [0.2, 0.25) is 0 Å². The zero-order valence-corrected chi connectivity index (χ0v) is 11.7. The number of aromatic amines is 1. The fraction of sp³-hybridized carbons (Fsp3) is 0.100. The molecule has 4 aromatic rings. The number of hydrogen-bond acceptors (Lipinski definition) is 0. The van der Waals surface area contributed by atoms with Crippen LogP contribution >= 0.6 is 0 Å². The van der Waals surface area contributed by atoms with Crippen molar-refractivity contribution >= 4 is 38.7 Å². The molecular formula is C20H15N. The summed E-state index contributed by atoms with van der Waals surface area (Å²) in [6, 6.07) is 17.6. The van der Waals surface area contributed by atoms with Crippen LogP contribution < -0.4 is 0 Å². The Balaban J connectivity index is 2.03. The number of rotatable bonds is 0. The molecule has 0 fully saturated rings. The molecule has 1 aromatic heterocycles. The van der Waals surface area contributed by atoms with Gasteiger partial charge in [0.1, 0.15) is 0 Å².